The molecular weight excluding hydrogens is 444 g/mol. The van der Waals surface area contributed by atoms with Gasteiger partial charge >= 0.3 is 0 Å². The normalized spacial score (nSPS) is 15.2. The first-order chi connectivity index (χ1) is 16.3. The van der Waals surface area contributed by atoms with E-state index in [0.717, 1.165) is 23.3 Å². The number of benzene rings is 2. The highest BCUT2D eigenvalue weighted by Gasteiger charge is 2.34. The third kappa shape index (κ3) is 5.17. The van der Waals surface area contributed by atoms with Crippen LogP contribution in [-0.4, -0.2) is 47.4 Å². The van der Waals surface area contributed by atoms with Gasteiger partial charge < -0.3 is 14.5 Å². The summed E-state index contributed by atoms with van der Waals surface area (Å²) in [5, 5.41) is 2.08. The predicted molar refractivity (Wildman–Crippen MR) is 137 cm³/mol. The summed E-state index contributed by atoms with van der Waals surface area (Å²) >= 11 is 1.73. The minimum Gasteiger partial charge on any atom is -0.491 e. The van der Waals surface area contributed by atoms with Gasteiger partial charge in [-0.1, -0.05) is 35.9 Å². The molecule has 0 aliphatic carbocycles. The van der Waals surface area contributed by atoms with Crippen molar-refractivity contribution in [2.45, 2.75) is 46.2 Å². The largest absolute Gasteiger partial charge is 0.491 e. The molecule has 0 N–H and O–H groups in total. The summed E-state index contributed by atoms with van der Waals surface area (Å²) in [6.45, 7) is 8.93. The maximum Gasteiger partial charge on any atom is 0.254 e. The third-order valence-electron chi connectivity index (χ3n) is 6.41. The van der Waals surface area contributed by atoms with E-state index in [0.29, 0.717) is 18.7 Å². The molecule has 0 fully saturated rings. The molecule has 1 aromatic heterocycles. The number of thiophene rings is 1. The van der Waals surface area contributed by atoms with E-state index in [1.165, 1.54) is 10.4 Å². The Labute approximate surface area is 206 Å². The number of fused-ring (bicyclic) bond motifs is 1. The predicted octanol–water partition coefficient (Wildman–Crippen LogP) is 5.42. The van der Waals surface area contributed by atoms with Crippen LogP contribution in [-0.2, 0) is 11.2 Å². The van der Waals surface area contributed by atoms with Crippen LogP contribution in [0.25, 0.3) is 0 Å². The summed E-state index contributed by atoms with van der Waals surface area (Å²) in [4.78, 5) is 31.8. The van der Waals surface area contributed by atoms with Gasteiger partial charge in [0.25, 0.3) is 5.91 Å². The van der Waals surface area contributed by atoms with Gasteiger partial charge in [0.2, 0.25) is 5.91 Å². The lowest BCUT2D eigenvalue weighted by Crippen LogP contribution is -2.49. The molecule has 2 heterocycles. The molecule has 3 aromatic rings. The Morgan fingerprint density at radius 3 is 2.53 bits per heavy atom. The molecule has 34 heavy (non-hydrogen) atoms. The summed E-state index contributed by atoms with van der Waals surface area (Å²) in [6, 6.07) is 17.3. The van der Waals surface area contributed by atoms with Crippen LogP contribution < -0.4 is 4.74 Å². The van der Waals surface area contributed by atoms with Crippen molar-refractivity contribution in [1.82, 2.24) is 9.80 Å². The second kappa shape index (κ2) is 10.4. The number of aryl methyl sites for hydroxylation is 2. The summed E-state index contributed by atoms with van der Waals surface area (Å²) < 4.78 is 6.12. The molecule has 2 aromatic carbocycles. The molecule has 0 bridgehead atoms. The zero-order chi connectivity index (χ0) is 24.2. The number of ether oxygens (including phenoxy) is 1. The highest BCUT2D eigenvalue weighted by Crippen LogP contribution is 2.34. The van der Waals surface area contributed by atoms with E-state index in [9.17, 15) is 9.59 Å². The van der Waals surface area contributed by atoms with Crippen LogP contribution in [0.1, 0.15) is 51.8 Å². The van der Waals surface area contributed by atoms with E-state index in [4.69, 9.17) is 4.74 Å². The Bertz CT molecular complexity index is 1150. The van der Waals surface area contributed by atoms with Gasteiger partial charge in [-0.2, -0.15) is 0 Å². The molecule has 1 aliphatic rings. The number of carbonyl (C=O) groups excluding carboxylic acids is 2. The van der Waals surface area contributed by atoms with Gasteiger partial charge in [0.15, 0.2) is 0 Å². The van der Waals surface area contributed by atoms with E-state index in [2.05, 4.69) is 11.4 Å². The van der Waals surface area contributed by atoms with Crippen molar-refractivity contribution >= 4 is 23.2 Å². The van der Waals surface area contributed by atoms with Gasteiger partial charge in [0.1, 0.15) is 18.9 Å². The molecule has 2 amide bonds. The fourth-order valence-corrected chi connectivity index (χ4v) is 5.31. The Morgan fingerprint density at radius 1 is 1.09 bits per heavy atom. The Balaban J connectivity index is 1.54. The van der Waals surface area contributed by atoms with Gasteiger partial charge in [-0.15, -0.1) is 11.3 Å². The zero-order valence-electron chi connectivity index (χ0n) is 20.3. The smallest absolute Gasteiger partial charge is 0.254 e. The zero-order valence-corrected chi connectivity index (χ0v) is 21.1. The molecule has 0 unspecified atom stereocenters. The van der Waals surface area contributed by atoms with E-state index >= 15 is 0 Å². The fourth-order valence-electron chi connectivity index (χ4n) is 4.38. The Kier molecular flexibility index (Phi) is 7.37. The fraction of sp³-hybridized carbons (Fsp3) is 0.357. The number of amides is 2. The monoisotopic (exact) mass is 476 g/mol. The van der Waals surface area contributed by atoms with Gasteiger partial charge in [-0.3, -0.25) is 9.59 Å². The minimum absolute atomic E-state index is 0.0470. The first-order valence-electron chi connectivity index (χ1n) is 11.8. The topological polar surface area (TPSA) is 49.9 Å². The molecule has 5 nitrogen and oxygen atoms in total. The summed E-state index contributed by atoms with van der Waals surface area (Å²) in [7, 11) is 0. The van der Waals surface area contributed by atoms with E-state index < -0.39 is 0 Å². The molecule has 1 aliphatic heterocycles. The van der Waals surface area contributed by atoms with Crippen molar-refractivity contribution in [2.75, 3.05) is 19.7 Å². The Hall–Kier alpha value is -3.12. The third-order valence-corrected chi connectivity index (χ3v) is 7.41. The number of hydrogen-bond donors (Lipinski definition) is 0. The lowest BCUT2D eigenvalue weighted by atomic mass is 10.00. The number of rotatable bonds is 7. The van der Waals surface area contributed by atoms with Crippen molar-refractivity contribution in [3.05, 3.63) is 87.1 Å². The number of nitrogens with zero attached hydrogens (tertiary/aromatic N) is 2. The minimum atomic E-state index is -0.175. The summed E-state index contributed by atoms with van der Waals surface area (Å²) in [5.74, 6) is 0.631. The van der Waals surface area contributed by atoms with Gasteiger partial charge in [-0.25, -0.2) is 0 Å². The number of carbonyl (C=O) groups is 2. The van der Waals surface area contributed by atoms with Crippen LogP contribution >= 0.6 is 11.3 Å². The van der Waals surface area contributed by atoms with E-state index in [1.54, 1.807) is 16.2 Å². The van der Waals surface area contributed by atoms with Crippen LogP contribution in [0.2, 0.25) is 0 Å². The maximum atomic E-state index is 13.6. The molecule has 0 saturated heterocycles. The van der Waals surface area contributed by atoms with Crippen LogP contribution in [0, 0.1) is 13.8 Å². The highest BCUT2D eigenvalue weighted by atomic mass is 32.1. The van der Waals surface area contributed by atoms with Crippen molar-refractivity contribution in [3.8, 4) is 5.75 Å². The lowest BCUT2D eigenvalue weighted by Gasteiger charge is -2.37. The molecule has 4 rings (SSSR count). The number of hydrogen-bond acceptors (Lipinski definition) is 4. The molecule has 0 saturated carbocycles. The van der Waals surface area contributed by atoms with Crippen LogP contribution in [0.5, 0.6) is 5.75 Å². The molecule has 1 atom stereocenters. The first kappa shape index (κ1) is 24.0. The molecule has 0 radical (unpaired) electrons. The molecule has 178 valence electrons. The summed E-state index contributed by atoms with van der Waals surface area (Å²) in [6.07, 6.45) is 0.827. The first-order valence-corrected chi connectivity index (χ1v) is 12.6. The van der Waals surface area contributed by atoms with Crippen molar-refractivity contribution in [1.29, 1.82) is 0 Å². The SMILES string of the molecule is Cc1ccc(OC[C@@H]2c3ccsc3CCN2C(=O)CN(C(=O)c2ccccc2C)C(C)C)cc1. The van der Waals surface area contributed by atoms with Crippen molar-refractivity contribution < 1.29 is 14.3 Å². The van der Waals surface area contributed by atoms with E-state index in [1.807, 2.05) is 81.1 Å². The van der Waals surface area contributed by atoms with Crippen molar-refractivity contribution in [3.63, 3.8) is 0 Å². The van der Waals surface area contributed by atoms with Gasteiger partial charge in [-0.05, 0) is 74.9 Å². The standard InChI is InChI=1S/C28H32N2O3S/c1-19(2)30(28(32)23-8-6-5-7-21(23)4)17-27(31)29-15-13-26-24(14-16-34-26)25(29)18-33-22-11-9-20(3)10-12-22/h5-12,14,16,19,25H,13,15,17-18H2,1-4H3/t25-/m1/s1. The molecule has 6 heteroatoms. The quantitative estimate of drug-likeness (QED) is 0.457. The average molecular weight is 477 g/mol. The van der Waals surface area contributed by atoms with Gasteiger partial charge in [0.05, 0.1) is 6.04 Å². The molecule has 0 spiro atoms. The van der Waals surface area contributed by atoms with E-state index in [-0.39, 0.29) is 30.4 Å². The second-order valence-electron chi connectivity index (χ2n) is 9.12. The Morgan fingerprint density at radius 2 is 1.82 bits per heavy atom. The highest BCUT2D eigenvalue weighted by molar-refractivity contribution is 7.10. The second-order valence-corrected chi connectivity index (χ2v) is 10.1. The maximum absolute atomic E-state index is 13.6. The van der Waals surface area contributed by atoms with Gasteiger partial charge in [0, 0.05) is 23.0 Å². The van der Waals surface area contributed by atoms with Crippen LogP contribution in [0.4, 0.5) is 0 Å². The summed E-state index contributed by atoms with van der Waals surface area (Å²) in [5.41, 5.74) is 3.88. The van der Waals surface area contributed by atoms with Crippen molar-refractivity contribution in [2.24, 2.45) is 0 Å². The van der Waals surface area contributed by atoms with Crippen LogP contribution in [0.3, 0.4) is 0 Å². The average Bonchev–Trinajstić information content (AvgIpc) is 3.31. The lowest BCUT2D eigenvalue weighted by molar-refractivity contribution is -0.136. The van der Waals surface area contributed by atoms with Crippen LogP contribution in [0.15, 0.2) is 60.0 Å². The molecular formula is C28H32N2O3S.